The minimum Gasteiger partial charge on any atom is -0.334 e. The number of hydrogen-bond acceptors (Lipinski definition) is 3. The number of nitrogens with one attached hydrogen (secondary N) is 1. The number of carbonyl (C=O) groups is 2. The van der Waals surface area contributed by atoms with Crippen molar-refractivity contribution in [1.82, 2.24) is 9.80 Å². The standard InChI is InChI=1S/C22H29N3O2S/c1-17(2)19-8-6-18(7-9-19)15-23(3)16-21(26)24-10-12-25(13-11-24)22(27)20-5-4-14-28-20/h4-9,14,17H,10-13,15-16H2,1-3H3/p+1. The Hall–Kier alpha value is -2.18. The summed E-state index contributed by atoms with van der Waals surface area (Å²) in [4.78, 5) is 30.8. The average molecular weight is 401 g/mol. The van der Waals surface area contributed by atoms with Gasteiger partial charge in [0.2, 0.25) is 0 Å². The SMILES string of the molecule is CC(C)c1ccc(C[NH+](C)CC(=O)N2CCN(C(=O)c3cccs3)CC2)cc1. The normalized spacial score (nSPS) is 15.7. The number of likely N-dealkylation sites (N-methyl/N-ethyl adjacent to an activating group) is 1. The molecular weight excluding hydrogens is 370 g/mol. The highest BCUT2D eigenvalue weighted by Crippen LogP contribution is 2.15. The van der Waals surface area contributed by atoms with Crippen molar-refractivity contribution in [2.75, 3.05) is 39.8 Å². The Bertz CT molecular complexity index is 779. The number of amides is 2. The molecule has 1 aliphatic rings. The molecule has 3 rings (SSSR count). The van der Waals surface area contributed by atoms with Crippen LogP contribution in [0.15, 0.2) is 41.8 Å². The van der Waals surface area contributed by atoms with Crippen LogP contribution in [-0.4, -0.2) is 61.4 Å². The van der Waals surface area contributed by atoms with Gasteiger partial charge in [0.15, 0.2) is 6.54 Å². The Balaban J connectivity index is 1.45. The molecule has 1 aromatic heterocycles. The quantitative estimate of drug-likeness (QED) is 0.805. The lowest BCUT2D eigenvalue weighted by Gasteiger charge is -2.34. The molecule has 28 heavy (non-hydrogen) atoms. The third-order valence-electron chi connectivity index (χ3n) is 5.26. The summed E-state index contributed by atoms with van der Waals surface area (Å²) in [6.07, 6.45) is 0. The maximum absolute atomic E-state index is 12.7. The molecule has 0 spiro atoms. The summed E-state index contributed by atoms with van der Waals surface area (Å²) < 4.78 is 0. The van der Waals surface area contributed by atoms with Crippen LogP contribution < -0.4 is 4.90 Å². The van der Waals surface area contributed by atoms with E-state index >= 15 is 0 Å². The first-order valence-electron chi connectivity index (χ1n) is 9.94. The number of rotatable bonds is 6. The van der Waals surface area contributed by atoms with Gasteiger partial charge in [-0.3, -0.25) is 9.59 Å². The van der Waals surface area contributed by atoms with Crippen LogP contribution in [0.1, 0.15) is 40.6 Å². The van der Waals surface area contributed by atoms with Crippen molar-refractivity contribution in [3.63, 3.8) is 0 Å². The van der Waals surface area contributed by atoms with Gasteiger partial charge in [0, 0.05) is 31.7 Å². The van der Waals surface area contributed by atoms with Gasteiger partial charge in [0.25, 0.3) is 11.8 Å². The lowest BCUT2D eigenvalue weighted by Crippen LogP contribution is -3.09. The first-order valence-corrected chi connectivity index (χ1v) is 10.8. The zero-order chi connectivity index (χ0) is 20.1. The van der Waals surface area contributed by atoms with Crippen molar-refractivity contribution >= 4 is 23.2 Å². The van der Waals surface area contributed by atoms with E-state index in [0.717, 1.165) is 11.4 Å². The molecule has 5 nitrogen and oxygen atoms in total. The summed E-state index contributed by atoms with van der Waals surface area (Å²) in [6.45, 7) is 8.15. The van der Waals surface area contributed by atoms with Gasteiger partial charge in [-0.15, -0.1) is 11.3 Å². The number of piperazine rings is 1. The molecule has 2 amide bonds. The molecule has 2 heterocycles. The molecule has 1 N–H and O–H groups in total. The molecule has 6 heteroatoms. The van der Waals surface area contributed by atoms with Crippen LogP contribution in [0.2, 0.25) is 0 Å². The van der Waals surface area contributed by atoms with E-state index in [4.69, 9.17) is 0 Å². The van der Waals surface area contributed by atoms with Gasteiger partial charge < -0.3 is 14.7 Å². The lowest BCUT2D eigenvalue weighted by atomic mass is 10.0. The van der Waals surface area contributed by atoms with Crippen molar-refractivity contribution in [3.05, 3.63) is 57.8 Å². The van der Waals surface area contributed by atoms with Crippen molar-refractivity contribution < 1.29 is 14.5 Å². The van der Waals surface area contributed by atoms with Gasteiger partial charge in [0.05, 0.1) is 11.9 Å². The van der Waals surface area contributed by atoms with Crippen LogP contribution in [0, 0.1) is 0 Å². The molecular formula is C22H30N3O2S+. The lowest BCUT2D eigenvalue weighted by molar-refractivity contribution is -0.885. The van der Waals surface area contributed by atoms with Crippen molar-refractivity contribution in [1.29, 1.82) is 0 Å². The van der Waals surface area contributed by atoms with E-state index in [9.17, 15) is 9.59 Å². The number of quaternary nitrogens is 1. The molecule has 1 unspecified atom stereocenters. The highest BCUT2D eigenvalue weighted by molar-refractivity contribution is 7.12. The average Bonchev–Trinajstić information content (AvgIpc) is 3.22. The van der Waals surface area contributed by atoms with Gasteiger partial charge in [-0.25, -0.2) is 0 Å². The van der Waals surface area contributed by atoms with Crippen molar-refractivity contribution in [2.24, 2.45) is 0 Å². The summed E-state index contributed by atoms with van der Waals surface area (Å²) in [7, 11) is 2.06. The first-order chi connectivity index (χ1) is 13.4. The number of nitrogens with zero attached hydrogens (tertiary/aromatic N) is 2. The third-order valence-corrected chi connectivity index (χ3v) is 6.11. The monoisotopic (exact) mass is 400 g/mol. The molecule has 1 aromatic carbocycles. The molecule has 1 saturated heterocycles. The Morgan fingerprint density at radius 2 is 1.68 bits per heavy atom. The summed E-state index contributed by atoms with van der Waals surface area (Å²) in [5.41, 5.74) is 2.59. The predicted molar refractivity (Wildman–Crippen MR) is 113 cm³/mol. The highest BCUT2D eigenvalue weighted by Gasteiger charge is 2.26. The maximum Gasteiger partial charge on any atom is 0.277 e. The molecule has 1 atom stereocenters. The largest absolute Gasteiger partial charge is 0.334 e. The van der Waals surface area contributed by atoms with Gasteiger partial charge in [-0.05, 0) is 22.9 Å². The fourth-order valence-electron chi connectivity index (χ4n) is 3.52. The topological polar surface area (TPSA) is 45.1 Å². The fourth-order valence-corrected chi connectivity index (χ4v) is 4.21. The Morgan fingerprint density at radius 1 is 1.04 bits per heavy atom. The zero-order valence-electron chi connectivity index (χ0n) is 17.0. The first kappa shape index (κ1) is 20.6. The summed E-state index contributed by atoms with van der Waals surface area (Å²) in [6, 6.07) is 12.4. The highest BCUT2D eigenvalue weighted by atomic mass is 32.1. The van der Waals surface area contributed by atoms with Crippen molar-refractivity contribution in [2.45, 2.75) is 26.3 Å². The second kappa shape index (κ2) is 9.34. The molecule has 150 valence electrons. The fraction of sp³-hybridized carbons (Fsp3) is 0.455. The van der Waals surface area contributed by atoms with E-state index in [1.54, 1.807) is 0 Å². The smallest absolute Gasteiger partial charge is 0.277 e. The summed E-state index contributed by atoms with van der Waals surface area (Å²) >= 11 is 1.47. The van der Waals surface area contributed by atoms with Crippen molar-refractivity contribution in [3.8, 4) is 0 Å². The van der Waals surface area contributed by atoms with Gasteiger partial charge >= 0.3 is 0 Å². The summed E-state index contributed by atoms with van der Waals surface area (Å²) in [5.74, 6) is 0.778. The Labute approximate surface area is 171 Å². The molecule has 0 saturated carbocycles. The van der Waals surface area contributed by atoms with E-state index in [2.05, 4.69) is 45.2 Å². The van der Waals surface area contributed by atoms with E-state index in [1.807, 2.05) is 27.3 Å². The Morgan fingerprint density at radius 3 is 2.25 bits per heavy atom. The number of thiophene rings is 1. The number of hydrogen-bond donors (Lipinski definition) is 1. The summed E-state index contributed by atoms with van der Waals surface area (Å²) in [5, 5.41) is 1.92. The Kier molecular flexibility index (Phi) is 6.86. The van der Waals surface area contributed by atoms with Crippen LogP contribution in [-0.2, 0) is 11.3 Å². The van der Waals surface area contributed by atoms with E-state index in [-0.39, 0.29) is 11.8 Å². The van der Waals surface area contributed by atoms with Gasteiger partial charge in [0.1, 0.15) is 6.54 Å². The van der Waals surface area contributed by atoms with E-state index in [0.29, 0.717) is 38.6 Å². The number of benzene rings is 1. The second-order valence-corrected chi connectivity index (χ2v) is 8.80. The second-order valence-electron chi connectivity index (χ2n) is 7.86. The molecule has 2 aromatic rings. The molecule has 0 aliphatic carbocycles. The third kappa shape index (κ3) is 5.20. The van der Waals surface area contributed by atoms with Crippen LogP contribution in [0.5, 0.6) is 0 Å². The molecule has 0 radical (unpaired) electrons. The zero-order valence-corrected chi connectivity index (χ0v) is 17.8. The van der Waals surface area contributed by atoms with E-state index in [1.165, 1.54) is 27.4 Å². The predicted octanol–water partition coefficient (Wildman–Crippen LogP) is 1.87. The molecule has 1 aliphatic heterocycles. The minimum atomic E-state index is 0.0784. The molecule has 1 fully saturated rings. The minimum absolute atomic E-state index is 0.0784. The van der Waals surface area contributed by atoms with Gasteiger partial charge in [-0.2, -0.15) is 0 Å². The van der Waals surface area contributed by atoms with Crippen LogP contribution in [0.25, 0.3) is 0 Å². The van der Waals surface area contributed by atoms with E-state index < -0.39 is 0 Å². The van der Waals surface area contributed by atoms with Gasteiger partial charge in [-0.1, -0.05) is 44.2 Å². The molecule has 0 bridgehead atoms. The van der Waals surface area contributed by atoms with Crippen LogP contribution >= 0.6 is 11.3 Å². The van der Waals surface area contributed by atoms with Crippen LogP contribution in [0.4, 0.5) is 0 Å². The maximum atomic E-state index is 12.7. The number of carbonyl (C=O) groups excluding carboxylic acids is 2. The van der Waals surface area contributed by atoms with Crippen LogP contribution in [0.3, 0.4) is 0 Å².